The molecular formula is C17H16N4OS. The molecule has 0 spiro atoms. The molecule has 3 aromatic rings. The second kappa shape index (κ2) is 6.08. The number of aromatic amines is 1. The Hall–Kier alpha value is -2.28. The second-order valence-electron chi connectivity index (χ2n) is 5.32. The lowest BCUT2D eigenvalue weighted by Gasteiger charge is -2.10. The fraction of sp³-hybridized carbons (Fsp3) is 0.118. The predicted octanol–water partition coefficient (Wildman–Crippen LogP) is 3.08. The lowest BCUT2D eigenvalue weighted by atomic mass is 10.1. The van der Waals surface area contributed by atoms with Crippen LogP contribution >= 0.6 is 11.8 Å². The molecule has 1 aliphatic rings. The van der Waals surface area contributed by atoms with Gasteiger partial charge in [-0.1, -0.05) is 30.3 Å². The summed E-state index contributed by atoms with van der Waals surface area (Å²) in [5.41, 5.74) is 5.32. The van der Waals surface area contributed by atoms with Gasteiger partial charge in [-0.05, 0) is 17.0 Å². The zero-order valence-corrected chi connectivity index (χ0v) is 13.1. The molecule has 0 saturated carbocycles. The summed E-state index contributed by atoms with van der Waals surface area (Å²) < 4.78 is 0. The molecule has 1 unspecified atom stereocenters. The molecule has 3 heterocycles. The van der Waals surface area contributed by atoms with Crippen LogP contribution in [-0.4, -0.2) is 21.9 Å². The molecule has 0 aliphatic carbocycles. The standard InChI is InChI=1S/C17H16N4OS/c18-22-9-16-21-15(10-23-16)14-8-20-17-13(14)6-12(7-19-17)11-4-2-1-3-5-11/h1-8,10,16,21H,9,18H2,(H,19,20). The molecule has 116 valence electrons. The Kier molecular flexibility index (Phi) is 3.78. The fourth-order valence-electron chi connectivity index (χ4n) is 2.72. The minimum atomic E-state index is 0.144. The molecule has 0 fully saturated rings. The molecule has 0 radical (unpaired) electrons. The number of hydrogen-bond donors (Lipinski definition) is 3. The van der Waals surface area contributed by atoms with Crippen LogP contribution in [0.3, 0.4) is 0 Å². The number of thioether (sulfide) groups is 1. The van der Waals surface area contributed by atoms with Crippen molar-refractivity contribution in [3.05, 3.63) is 59.8 Å². The van der Waals surface area contributed by atoms with E-state index in [9.17, 15) is 0 Å². The van der Waals surface area contributed by atoms with Crippen LogP contribution in [0.4, 0.5) is 0 Å². The van der Waals surface area contributed by atoms with Crippen molar-refractivity contribution in [1.29, 1.82) is 0 Å². The third-order valence-electron chi connectivity index (χ3n) is 3.84. The number of nitrogens with one attached hydrogen (secondary N) is 2. The largest absolute Gasteiger partial charge is 0.370 e. The number of H-pyrrole nitrogens is 1. The summed E-state index contributed by atoms with van der Waals surface area (Å²) in [5, 5.41) is 6.76. The highest BCUT2D eigenvalue weighted by atomic mass is 32.2. The molecule has 1 atom stereocenters. The Labute approximate surface area is 137 Å². The van der Waals surface area contributed by atoms with Crippen LogP contribution in [0.2, 0.25) is 0 Å². The molecule has 6 heteroatoms. The van der Waals surface area contributed by atoms with E-state index in [1.54, 1.807) is 11.8 Å². The Morgan fingerprint density at radius 2 is 2.09 bits per heavy atom. The van der Waals surface area contributed by atoms with E-state index in [0.717, 1.165) is 33.4 Å². The summed E-state index contributed by atoms with van der Waals surface area (Å²) in [6.45, 7) is 0.459. The van der Waals surface area contributed by atoms with Crippen molar-refractivity contribution in [2.75, 3.05) is 6.61 Å². The average molecular weight is 324 g/mol. The number of hydrogen-bond acceptors (Lipinski definition) is 5. The molecule has 0 amide bonds. The first-order valence-electron chi connectivity index (χ1n) is 7.32. The van der Waals surface area contributed by atoms with Crippen LogP contribution in [0.15, 0.2) is 54.2 Å². The maximum atomic E-state index is 5.15. The van der Waals surface area contributed by atoms with Gasteiger partial charge in [0.15, 0.2) is 0 Å². The Morgan fingerprint density at radius 3 is 2.91 bits per heavy atom. The van der Waals surface area contributed by atoms with Gasteiger partial charge in [0.1, 0.15) is 11.0 Å². The first-order chi connectivity index (χ1) is 11.3. The van der Waals surface area contributed by atoms with Gasteiger partial charge >= 0.3 is 0 Å². The van der Waals surface area contributed by atoms with Crippen LogP contribution in [0, 0.1) is 0 Å². The summed E-state index contributed by atoms with van der Waals surface area (Å²) in [6, 6.07) is 12.4. The summed E-state index contributed by atoms with van der Waals surface area (Å²) in [6.07, 6.45) is 3.88. The quantitative estimate of drug-likeness (QED) is 0.643. The van der Waals surface area contributed by atoms with Crippen LogP contribution in [0.5, 0.6) is 0 Å². The monoisotopic (exact) mass is 324 g/mol. The molecule has 4 rings (SSSR count). The Bertz CT molecular complexity index is 859. The Morgan fingerprint density at radius 1 is 1.22 bits per heavy atom. The molecule has 0 bridgehead atoms. The van der Waals surface area contributed by atoms with Crippen molar-refractivity contribution in [2.24, 2.45) is 5.90 Å². The number of nitrogens with zero attached hydrogens (tertiary/aromatic N) is 1. The van der Waals surface area contributed by atoms with E-state index in [2.05, 4.69) is 38.9 Å². The molecule has 1 aliphatic heterocycles. The minimum absolute atomic E-state index is 0.144. The third kappa shape index (κ3) is 2.72. The van der Waals surface area contributed by atoms with Crippen molar-refractivity contribution in [2.45, 2.75) is 5.37 Å². The first kappa shape index (κ1) is 14.3. The number of benzene rings is 1. The van der Waals surface area contributed by atoms with Gasteiger partial charge in [-0.3, -0.25) is 0 Å². The minimum Gasteiger partial charge on any atom is -0.370 e. The van der Waals surface area contributed by atoms with Gasteiger partial charge in [0.2, 0.25) is 0 Å². The molecule has 4 N–H and O–H groups in total. The fourth-order valence-corrected chi connectivity index (χ4v) is 3.56. The molecular weight excluding hydrogens is 308 g/mol. The summed E-state index contributed by atoms with van der Waals surface area (Å²) in [7, 11) is 0. The molecule has 0 saturated heterocycles. The van der Waals surface area contributed by atoms with Crippen molar-refractivity contribution >= 4 is 28.5 Å². The van der Waals surface area contributed by atoms with Crippen molar-refractivity contribution in [3.63, 3.8) is 0 Å². The highest BCUT2D eigenvalue weighted by molar-refractivity contribution is 8.03. The summed E-state index contributed by atoms with van der Waals surface area (Å²) in [4.78, 5) is 12.5. The Balaban J connectivity index is 1.72. The maximum absolute atomic E-state index is 5.15. The number of fused-ring (bicyclic) bond motifs is 1. The maximum Gasteiger partial charge on any atom is 0.137 e. The van der Waals surface area contributed by atoms with Crippen molar-refractivity contribution in [1.82, 2.24) is 15.3 Å². The first-order valence-corrected chi connectivity index (χ1v) is 8.26. The van der Waals surface area contributed by atoms with Gasteiger partial charge in [0.25, 0.3) is 0 Å². The van der Waals surface area contributed by atoms with Gasteiger partial charge in [-0.25, -0.2) is 10.9 Å². The van der Waals surface area contributed by atoms with Crippen LogP contribution in [0.25, 0.3) is 27.9 Å². The smallest absolute Gasteiger partial charge is 0.137 e. The van der Waals surface area contributed by atoms with E-state index in [1.165, 1.54) is 0 Å². The predicted molar refractivity (Wildman–Crippen MR) is 94.2 cm³/mol. The summed E-state index contributed by atoms with van der Waals surface area (Å²) in [5.74, 6) is 5.15. The highest BCUT2D eigenvalue weighted by Gasteiger charge is 2.20. The molecule has 5 nitrogen and oxygen atoms in total. The summed E-state index contributed by atoms with van der Waals surface area (Å²) >= 11 is 1.67. The second-order valence-corrected chi connectivity index (χ2v) is 6.40. The van der Waals surface area contributed by atoms with E-state index in [-0.39, 0.29) is 5.37 Å². The van der Waals surface area contributed by atoms with Crippen molar-refractivity contribution < 1.29 is 4.84 Å². The van der Waals surface area contributed by atoms with Crippen LogP contribution in [-0.2, 0) is 4.84 Å². The molecule has 1 aromatic carbocycles. The average Bonchev–Trinajstić information content (AvgIpc) is 3.22. The van der Waals surface area contributed by atoms with Gasteiger partial charge in [-0.15, -0.1) is 11.8 Å². The number of nitrogens with two attached hydrogens (primary N) is 1. The van der Waals surface area contributed by atoms with E-state index in [4.69, 9.17) is 10.7 Å². The zero-order valence-electron chi connectivity index (χ0n) is 12.3. The number of pyridine rings is 1. The van der Waals surface area contributed by atoms with E-state index in [0.29, 0.717) is 6.61 Å². The molecule has 23 heavy (non-hydrogen) atoms. The van der Waals surface area contributed by atoms with Gasteiger partial charge in [0.05, 0.1) is 12.3 Å². The molecule has 2 aromatic heterocycles. The SMILES string of the molecule is NOCC1NC(c2c[nH]c3ncc(-c4ccccc4)cc23)=CS1. The third-order valence-corrected chi connectivity index (χ3v) is 4.80. The highest BCUT2D eigenvalue weighted by Crippen LogP contribution is 2.32. The van der Waals surface area contributed by atoms with E-state index < -0.39 is 0 Å². The van der Waals surface area contributed by atoms with E-state index >= 15 is 0 Å². The lowest BCUT2D eigenvalue weighted by Crippen LogP contribution is -2.26. The number of aromatic nitrogens is 2. The topological polar surface area (TPSA) is 76.0 Å². The lowest BCUT2D eigenvalue weighted by molar-refractivity contribution is 0.137. The van der Waals surface area contributed by atoms with Gasteiger partial charge in [0, 0.05) is 28.9 Å². The van der Waals surface area contributed by atoms with Gasteiger partial charge < -0.3 is 15.1 Å². The normalized spacial score (nSPS) is 17.3. The zero-order chi connectivity index (χ0) is 15.6. The van der Waals surface area contributed by atoms with Crippen molar-refractivity contribution in [3.8, 4) is 11.1 Å². The van der Waals surface area contributed by atoms with Gasteiger partial charge in [-0.2, -0.15) is 0 Å². The van der Waals surface area contributed by atoms with Crippen LogP contribution < -0.4 is 11.2 Å². The van der Waals surface area contributed by atoms with E-state index in [1.807, 2.05) is 30.6 Å². The van der Waals surface area contributed by atoms with Crippen LogP contribution in [0.1, 0.15) is 5.56 Å². The number of rotatable bonds is 4.